The van der Waals surface area contributed by atoms with Crippen LogP contribution >= 0.6 is 0 Å². The van der Waals surface area contributed by atoms with Crippen LogP contribution in [0.25, 0.3) is 0 Å². The van der Waals surface area contributed by atoms with Crippen molar-refractivity contribution in [3.8, 4) is 0 Å². The molecule has 1 aromatic heterocycles. The quantitative estimate of drug-likeness (QED) is 0.661. The highest BCUT2D eigenvalue weighted by Gasteiger charge is 2.05. The summed E-state index contributed by atoms with van der Waals surface area (Å²) in [6.07, 6.45) is 1.72. The highest BCUT2D eigenvalue weighted by Crippen LogP contribution is 2.11. The average Bonchev–Trinajstić information content (AvgIpc) is 2.07. The van der Waals surface area contributed by atoms with Crippen molar-refractivity contribution in [1.82, 2.24) is 4.98 Å². The second kappa shape index (κ2) is 4.05. The van der Waals surface area contributed by atoms with E-state index >= 15 is 0 Å². The summed E-state index contributed by atoms with van der Waals surface area (Å²) in [5.74, 6) is 0. The maximum Gasteiger partial charge on any atom is 0.0971 e. The molecule has 1 rings (SSSR count). The standard InChI is InChI=1S/C8H12N2O/c9-5-4-8(11)7-3-1-2-6-10-7/h1-3,6,8,11H,4-5,9H2/t8-/m1/s1. The number of pyridine rings is 1. The van der Waals surface area contributed by atoms with Gasteiger partial charge >= 0.3 is 0 Å². The van der Waals surface area contributed by atoms with Gasteiger partial charge in [0.05, 0.1) is 11.8 Å². The van der Waals surface area contributed by atoms with Crippen molar-refractivity contribution in [2.45, 2.75) is 12.5 Å². The second-order valence-electron chi connectivity index (χ2n) is 2.35. The molecule has 1 atom stereocenters. The van der Waals surface area contributed by atoms with Crippen LogP contribution in [0, 0.1) is 0 Å². The number of aromatic nitrogens is 1. The molecule has 0 bridgehead atoms. The summed E-state index contributed by atoms with van der Waals surface area (Å²) < 4.78 is 0. The first-order valence-corrected chi connectivity index (χ1v) is 3.63. The summed E-state index contributed by atoms with van der Waals surface area (Å²) in [6, 6.07) is 5.46. The Balaban J connectivity index is 2.61. The number of nitrogens with zero attached hydrogens (tertiary/aromatic N) is 1. The highest BCUT2D eigenvalue weighted by atomic mass is 16.3. The first kappa shape index (κ1) is 8.17. The van der Waals surface area contributed by atoms with Crippen LogP contribution in [0.1, 0.15) is 18.2 Å². The van der Waals surface area contributed by atoms with Crippen LogP contribution < -0.4 is 5.73 Å². The molecule has 0 saturated carbocycles. The number of hydrogen-bond acceptors (Lipinski definition) is 3. The molecule has 3 N–H and O–H groups in total. The monoisotopic (exact) mass is 152 g/mol. The van der Waals surface area contributed by atoms with E-state index in [1.165, 1.54) is 0 Å². The van der Waals surface area contributed by atoms with Gasteiger partial charge in [-0.15, -0.1) is 0 Å². The normalized spacial score (nSPS) is 12.9. The predicted molar refractivity (Wildman–Crippen MR) is 42.9 cm³/mol. The smallest absolute Gasteiger partial charge is 0.0971 e. The zero-order valence-electron chi connectivity index (χ0n) is 6.27. The SMILES string of the molecule is NCC[C@@H](O)c1ccccn1. The molecule has 1 aromatic rings. The van der Waals surface area contributed by atoms with Crippen LogP contribution in [0.4, 0.5) is 0 Å². The molecule has 0 aromatic carbocycles. The number of hydrogen-bond donors (Lipinski definition) is 2. The highest BCUT2D eigenvalue weighted by molar-refractivity contribution is 5.06. The topological polar surface area (TPSA) is 59.1 Å². The molecular formula is C8H12N2O. The van der Waals surface area contributed by atoms with Gasteiger partial charge < -0.3 is 10.8 Å². The Hall–Kier alpha value is -0.930. The van der Waals surface area contributed by atoms with Gasteiger partial charge in [0, 0.05) is 6.20 Å². The maximum absolute atomic E-state index is 9.38. The Kier molecular flexibility index (Phi) is 3.01. The van der Waals surface area contributed by atoms with Crippen molar-refractivity contribution in [2.24, 2.45) is 5.73 Å². The average molecular weight is 152 g/mol. The molecule has 0 aliphatic carbocycles. The van der Waals surface area contributed by atoms with Crippen LogP contribution in [0.3, 0.4) is 0 Å². The van der Waals surface area contributed by atoms with E-state index in [2.05, 4.69) is 4.98 Å². The Morgan fingerprint density at radius 1 is 1.55 bits per heavy atom. The molecular weight excluding hydrogens is 140 g/mol. The lowest BCUT2D eigenvalue weighted by molar-refractivity contribution is 0.165. The number of aliphatic hydroxyl groups excluding tert-OH is 1. The third kappa shape index (κ3) is 2.29. The van der Waals surface area contributed by atoms with E-state index < -0.39 is 6.10 Å². The van der Waals surface area contributed by atoms with E-state index in [0.717, 1.165) is 0 Å². The van der Waals surface area contributed by atoms with Crippen LogP contribution in [0.5, 0.6) is 0 Å². The van der Waals surface area contributed by atoms with E-state index in [1.54, 1.807) is 12.3 Å². The van der Waals surface area contributed by atoms with Gasteiger partial charge in [0.15, 0.2) is 0 Å². The molecule has 60 valence electrons. The molecule has 11 heavy (non-hydrogen) atoms. The lowest BCUT2D eigenvalue weighted by atomic mass is 10.2. The lowest BCUT2D eigenvalue weighted by Crippen LogP contribution is -2.07. The Labute approximate surface area is 65.9 Å². The fraction of sp³-hybridized carbons (Fsp3) is 0.375. The van der Waals surface area contributed by atoms with Gasteiger partial charge in [-0.1, -0.05) is 6.07 Å². The van der Waals surface area contributed by atoms with E-state index in [0.29, 0.717) is 18.7 Å². The zero-order valence-corrected chi connectivity index (χ0v) is 6.27. The fourth-order valence-electron chi connectivity index (χ4n) is 0.879. The van der Waals surface area contributed by atoms with Gasteiger partial charge in [-0.05, 0) is 25.1 Å². The van der Waals surface area contributed by atoms with Crippen molar-refractivity contribution in [3.63, 3.8) is 0 Å². The summed E-state index contributed by atoms with van der Waals surface area (Å²) in [6.45, 7) is 0.484. The Morgan fingerprint density at radius 2 is 2.36 bits per heavy atom. The fourth-order valence-corrected chi connectivity index (χ4v) is 0.879. The van der Waals surface area contributed by atoms with E-state index in [4.69, 9.17) is 5.73 Å². The van der Waals surface area contributed by atoms with Crippen molar-refractivity contribution < 1.29 is 5.11 Å². The van der Waals surface area contributed by atoms with Crippen LogP contribution in [-0.2, 0) is 0 Å². The van der Waals surface area contributed by atoms with Gasteiger partial charge in [-0.2, -0.15) is 0 Å². The van der Waals surface area contributed by atoms with E-state index in [-0.39, 0.29) is 0 Å². The van der Waals surface area contributed by atoms with Gasteiger partial charge in [-0.3, -0.25) is 4.98 Å². The van der Waals surface area contributed by atoms with Crippen LogP contribution in [-0.4, -0.2) is 16.6 Å². The summed E-state index contributed by atoms with van der Waals surface area (Å²) in [4.78, 5) is 3.99. The van der Waals surface area contributed by atoms with Gasteiger partial charge in [0.25, 0.3) is 0 Å². The molecule has 3 heteroatoms. The maximum atomic E-state index is 9.38. The third-order valence-electron chi connectivity index (χ3n) is 1.47. The minimum absolute atomic E-state index is 0.484. The minimum atomic E-state index is -0.513. The summed E-state index contributed by atoms with van der Waals surface area (Å²) in [5, 5.41) is 9.38. The van der Waals surface area contributed by atoms with Gasteiger partial charge in [0.1, 0.15) is 0 Å². The first-order chi connectivity index (χ1) is 5.34. The van der Waals surface area contributed by atoms with Gasteiger partial charge in [-0.25, -0.2) is 0 Å². The molecule has 0 amide bonds. The van der Waals surface area contributed by atoms with Crippen LogP contribution in [0.15, 0.2) is 24.4 Å². The number of aliphatic hydroxyl groups is 1. The molecule has 0 aliphatic rings. The zero-order chi connectivity index (χ0) is 8.10. The Bertz CT molecular complexity index is 201. The third-order valence-corrected chi connectivity index (χ3v) is 1.47. The number of rotatable bonds is 3. The molecule has 3 nitrogen and oxygen atoms in total. The van der Waals surface area contributed by atoms with Crippen molar-refractivity contribution in [3.05, 3.63) is 30.1 Å². The van der Waals surface area contributed by atoms with Gasteiger partial charge in [0.2, 0.25) is 0 Å². The minimum Gasteiger partial charge on any atom is -0.387 e. The summed E-state index contributed by atoms with van der Waals surface area (Å²) in [5.41, 5.74) is 5.97. The number of nitrogens with two attached hydrogens (primary N) is 1. The second-order valence-corrected chi connectivity index (χ2v) is 2.35. The molecule has 0 aliphatic heterocycles. The molecule has 0 spiro atoms. The summed E-state index contributed by atoms with van der Waals surface area (Å²) in [7, 11) is 0. The lowest BCUT2D eigenvalue weighted by Gasteiger charge is -2.06. The van der Waals surface area contributed by atoms with Crippen LogP contribution in [0.2, 0.25) is 0 Å². The van der Waals surface area contributed by atoms with Crippen molar-refractivity contribution in [1.29, 1.82) is 0 Å². The summed E-state index contributed by atoms with van der Waals surface area (Å²) >= 11 is 0. The largest absolute Gasteiger partial charge is 0.387 e. The molecule has 0 unspecified atom stereocenters. The Morgan fingerprint density at radius 3 is 2.91 bits per heavy atom. The molecule has 1 heterocycles. The molecule has 0 radical (unpaired) electrons. The molecule has 0 fully saturated rings. The molecule has 0 saturated heterocycles. The van der Waals surface area contributed by atoms with Crippen molar-refractivity contribution in [2.75, 3.05) is 6.54 Å². The first-order valence-electron chi connectivity index (χ1n) is 3.63. The van der Waals surface area contributed by atoms with E-state index in [1.807, 2.05) is 12.1 Å². The van der Waals surface area contributed by atoms with E-state index in [9.17, 15) is 5.11 Å². The predicted octanol–water partition coefficient (Wildman–Crippen LogP) is 0.464. The van der Waals surface area contributed by atoms with Crippen molar-refractivity contribution >= 4 is 0 Å².